The molecular weight excluding hydrogens is 249 g/mol. The average molecular weight is 269 g/mol. The first-order chi connectivity index (χ1) is 8.76. The van der Waals surface area contributed by atoms with Crippen molar-refractivity contribution in [2.75, 3.05) is 6.61 Å². The second kappa shape index (κ2) is 6.02. The number of aryl methyl sites for hydroxylation is 1. The highest BCUT2D eigenvalue weighted by atomic mass is 19.1. The second-order valence-corrected chi connectivity index (χ2v) is 5.11. The van der Waals surface area contributed by atoms with E-state index in [1.54, 1.807) is 19.1 Å². The zero-order chi connectivity index (χ0) is 14.6. The number of nitrogens with one attached hydrogen (secondary N) is 1. The van der Waals surface area contributed by atoms with Gasteiger partial charge in [-0.2, -0.15) is 0 Å². The van der Waals surface area contributed by atoms with Gasteiger partial charge in [-0.1, -0.05) is 12.1 Å². The first-order valence-corrected chi connectivity index (χ1v) is 6.15. The van der Waals surface area contributed by atoms with Crippen LogP contribution in [0.3, 0.4) is 0 Å². The van der Waals surface area contributed by atoms with Crippen molar-refractivity contribution in [2.24, 2.45) is 0 Å². The molecule has 0 amide bonds. The summed E-state index contributed by atoms with van der Waals surface area (Å²) in [5.74, 6) is -1.42. The molecule has 0 aliphatic carbocycles. The summed E-state index contributed by atoms with van der Waals surface area (Å²) in [4.78, 5) is 11.3. The van der Waals surface area contributed by atoms with E-state index in [-0.39, 0.29) is 18.4 Å². The topological polar surface area (TPSA) is 58.6 Å². The molecule has 0 saturated heterocycles. The van der Waals surface area contributed by atoms with Gasteiger partial charge in [0.25, 0.3) is 0 Å². The molecule has 0 aromatic heterocycles. The van der Waals surface area contributed by atoms with Crippen molar-refractivity contribution in [3.63, 3.8) is 0 Å². The monoisotopic (exact) mass is 269 g/mol. The van der Waals surface area contributed by atoms with E-state index in [0.29, 0.717) is 5.56 Å². The van der Waals surface area contributed by atoms with Crippen molar-refractivity contribution in [1.29, 1.82) is 0 Å². The van der Waals surface area contributed by atoms with Gasteiger partial charge in [0.15, 0.2) is 11.6 Å². The summed E-state index contributed by atoms with van der Waals surface area (Å²) in [5, 5.41) is 12.2. The van der Waals surface area contributed by atoms with Gasteiger partial charge in [0.2, 0.25) is 0 Å². The summed E-state index contributed by atoms with van der Waals surface area (Å²) in [5.41, 5.74) is -0.795. The number of hydrogen-bond donors (Lipinski definition) is 2. The molecule has 0 fully saturated rings. The van der Waals surface area contributed by atoms with Crippen LogP contribution < -0.4 is 10.1 Å². The quantitative estimate of drug-likeness (QED) is 0.832. The Balaban J connectivity index is 2.82. The lowest BCUT2D eigenvalue weighted by atomic mass is 10.0. The molecule has 106 valence electrons. The van der Waals surface area contributed by atoms with Gasteiger partial charge in [0.05, 0.1) is 0 Å². The summed E-state index contributed by atoms with van der Waals surface area (Å²) in [6, 6.07) is 4.76. The Bertz CT molecular complexity index is 462. The Morgan fingerprint density at radius 2 is 2.16 bits per heavy atom. The van der Waals surface area contributed by atoms with Crippen molar-refractivity contribution in [2.45, 2.75) is 39.3 Å². The molecule has 1 aromatic carbocycles. The van der Waals surface area contributed by atoms with E-state index in [1.165, 1.54) is 13.0 Å². The molecular formula is C14H20FNO3. The summed E-state index contributed by atoms with van der Waals surface area (Å²) < 4.78 is 19.1. The van der Waals surface area contributed by atoms with Gasteiger partial charge in [-0.25, -0.2) is 4.39 Å². The average Bonchev–Trinajstić information content (AvgIpc) is 2.30. The zero-order valence-corrected chi connectivity index (χ0v) is 11.7. The van der Waals surface area contributed by atoms with Gasteiger partial charge in [-0.3, -0.25) is 10.1 Å². The first kappa shape index (κ1) is 15.4. The number of halogens is 1. The van der Waals surface area contributed by atoms with Crippen LogP contribution in [0.15, 0.2) is 18.2 Å². The van der Waals surface area contributed by atoms with Crippen LogP contribution in [-0.4, -0.2) is 29.3 Å². The highest BCUT2D eigenvalue weighted by Gasteiger charge is 2.34. The minimum Gasteiger partial charge on any atom is -0.488 e. The molecule has 0 aliphatic rings. The number of hydrogen-bond acceptors (Lipinski definition) is 3. The van der Waals surface area contributed by atoms with Crippen molar-refractivity contribution >= 4 is 5.97 Å². The lowest BCUT2D eigenvalue weighted by Crippen LogP contribution is -2.56. The molecule has 1 rings (SSSR count). The standard InChI is InChI=1S/C14H20FNO3/c1-9(2)16-14(4,13(17)18)8-19-11-7-5-6-10(3)12(11)15/h5-7,9,16H,8H2,1-4H3,(H,17,18). The maximum absolute atomic E-state index is 13.7. The van der Waals surface area contributed by atoms with E-state index < -0.39 is 17.3 Å². The third-order valence-electron chi connectivity index (χ3n) is 2.75. The van der Waals surface area contributed by atoms with Gasteiger partial charge >= 0.3 is 5.97 Å². The highest BCUT2D eigenvalue weighted by molar-refractivity contribution is 5.78. The van der Waals surface area contributed by atoms with E-state index in [0.717, 1.165) is 0 Å². The summed E-state index contributed by atoms with van der Waals surface area (Å²) in [7, 11) is 0. The van der Waals surface area contributed by atoms with Gasteiger partial charge in [0, 0.05) is 6.04 Å². The van der Waals surface area contributed by atoms with Gasteiger partial charge in [-0.15, -0.1) is 0 Å². The van der Waals surface area contributed by atoms with Crippen LogP contribution in [0.2, 0.25) is 0 Å². The lowest BCUT2D eigenvalue weighted by molar-refractivity contribution is -0.145. The predicted octanol–water partition coefficient (Wildman–Crippen LogP) is 2.35. The van der Waals surface area contributed by atoms with E-state index in [9.17, 15) is 14.3 Å². The Kier molecular flexibility index (Phi) is 4.89. The Labute approximate surface area is 112 Å². The fourth-order valence-corrected chi connectivity index (χ4v) is 1.76. The fourth-order valence-electron chi connectivity index (χ4n) is 1.76. The maximum Gasteiger partial charge on any atom is 0.327 e. The number of benzene rings is 1. The number of rotatable bonds is 6. The maximum atomic E-state index is 13.7. The number of carboxylic acid groups (broad SMARTS) is 1. The normalized spacial score (nSPS) is 14.2. The van der Waals surface area contributed by atoms with Crippen LogP contribution in [0.1, 0.15) is 26.3 Å². The third kappa shape index (κ3) is 3.92. The van der Waals surface area contributed by atoms with E-state index in [1.807, 2.05) is 13.8 Å². The molecule has 5 heteroatoms. The second-order valence-electron chi connectivity index (χ2n) is 5.11. The van der Waals surface area contributed by atoms with E-state index >= 15 is 0 Å². The number of carbonyl (C=O) groups is 1. The van der Waals surface area contributed by atoms with E-state index in [4.69, 9.17) is 4.74 Å². The highest BCUT2D eigenvalue weighted by Crippen LogP contribution is 2.21. The smallest absolute Gasteiger partial charge is 0.327 e. The Morgan fingerprint density at radius 3 is 2.68 bits per heavy atom. The van der Waals surface area contributed by atoms with Crippen LogP contribution in [0, 0.1) is 12.7 Å². The van der Waals surface area contributed by atoms with Crippen LogP contribution in [-0.2, 0) is 4.79 Å². The minimum absolute atomic E-state index is 0.0212. The summed E-state index contributed by atoms with van der Waals surface area (Å²) in [6.45, 7) is 6.68. The summed E-state index contributed by atoms with van der Waals surface area (Å²) in [6.07, 6.45) is 0. The van der Waals surface area contributed by atoms with Crippen molar-refractivity contribution < 1.29 is 19.0 Å². The molecule has 2 N–H and O–H groups in total. The van der Waals surface area contributed by atoms with Crippen LogP contribution in [0.5, 0.6) is 5.75 Å². The van der Waals surface area contributed by atoms with Crippen LogP contribution in [0.4, 0.5) is 4.39 Å². The molecule has 1 aromatic rings. The van der Waals surface area contributed by atoms with Crippen molar-refractivity contribution in [1.82, 2.24) is 5.32 Å². The van der Waals surface area contributed by atoms with Crippen LogP contribution in [0.25, 0.3) is 0 Å². The zero-order valence-electron chi connectivity index (χ0n) is 11.7. The molecule has 0 radical (unpaired) electrons. The summed E-state index contributed by atoms with van der Waals surface area (Å²) >= 11 is 0. The van der Waals surface area contributed by atoms with Gasteiger partial charge in [-0.05, 0) is 39.3 Å². The fraction of sp³-hybridized carbons (Fsp3) is 0.500. The minimum atomic E-state index is -1.26. The molecule has 1 unspecified atom stereocenters. The first-order valence-electron chi connectivity index (χ1n) is 6.15. The molecule has 0 bridgehead atoms. The molecule has 19 heavy (non-hydrogen) atoms. The van der Waals surface area contributed by atoms with Gasteiger partial charge < -0.3 is 9.84 Å². The number of ether oxygens (including phenoxy) is 1. The van der Waals surface area contributed by atoms with E-state index in [2.05, 4.69) is 5.32 Å². The molecule has 0 saturated carbocycles. The molecule has 0 spiro atoms. The molecule has 0 aliphatic heterocycles. The van der Waals surface area contributed by atoms with Crippen molar-refractivity contribution in [3.05, 3.63) is 29.6 Å². The largest absolute Gasteiger partial charge is 0.488 e. The SMILES string of the molecule is Cc1cccc(OCC(C)(NC(C)C)C(=O)O)c1F. The van der Waals surface area contributed by atoms with Gasteiger partial charge in [0.1, 0.15) is 12.1 Å². The molecule has 1 atom stereocenters. The predicted molar refractivity (Wildman–Crippen MR) is 70.9 cm³/mol. The Hall–Kier alpha value is -1.62. The van der Waals surface area contributed by atoms with Crippen LogP contribution >= 0.6 is 0 Å². The number of aliphatic carboxylic acids is 1. The number of carboxylic acids is 1. The lowest BCUT2D eigenvalue weighted by Gasteiger charge is -2.28. The molecule has 0 heterocycles. The third-order valence-corrected chi connectivity index (χ3v) is 2.75. The molecule has 4 nitrogen and oxygen atoms in total. The Morgan fingerprint density at radius 1 is 1.53 bits per heavy atom. The van der Waals surface area contributed by atoms with Crippen molar-refractivity contribution in [3.8, 4) is 5.75 Å².